The summed E-state index contributed by atoms with van der Waals surface area (Å²) in [5, 5.41) is 13.0. The number of carbonyl (C=O) groups is 2. The van der Waals surface area contributed by atoms with Gasteiger partial charge in [0.15, 0.2) is 0 Å². The summed E-state index contributed by atoms with van der Waals surface area (Å²) in [7, 11) is 0. The van der Waals surface area contributed by atoms with Gasteiger partial charge in [0, 0.05) is 34.1 Å². The lowest BCUT2D eigenvalue weighted by Crippen LogP contribution is -2.33. The summed E-state index contributed by atoms with van der Waals surface area (Å²) in [6.45, 7) is 4.11. The highest BCUT2D eigenvalue weighted by atomic mass is 35.5. The summed E-state index contributed by atoms with van der Waals surface area (Å²) in [4.78, 5) is 30.5. The molecule has 4 rings (SSSR count). The number of halogens is 1. The number of aromatic nitrogens is 2. The van der Waals surface area contributed by atoms with Gasteiger partial charge in [-0.15, -0.1) is 12.4 Å². The number of hydrogen-bond donors (Lipinski definition) is 3. The molecule has 0 amide bonds. The van der Waals surface area contributed by atoms with Crippen molar-refractivity contribution < 1.29 is 19.4 Å². The number of nitrogens with one attached hydrogen (secondary N) is 1. The Kier molecular flexibility index (Phi) is 5.46. The molecule has 0 radical (unpaired) electrons. The normalized spacial score (nSPS) is 12.1. The predicted molar refractivity (Wildman–Crippen MR) is 114 cm³/mol. The molecule has 29 heavy (non-hydrogen) atoms. The molecule has 8 heteroatoms. The number of ether oxygens (including phenoxy) is 1. The Morgan fingerprint density at radius 3 is 2.66 bits per heavy atom. The van der Waals surface area contributed by atoms with Crippen LogP contribution in [0.1, 0.15) is 17.5 Å². The SMILES string of the molecule is Cc1c2ccncc2c(C)c2c1[nH]c1ccc(OC(=O)C[C@H](N)C(=O)O)cc12.Cl. The summed E-state index contributed by atoms with van der Waals surface area (Å²) in [5.74, 6) is -1.58. The molecule has 0 bridgehead atoms. The maximum absolute atomic E-state index is 12.0. The van der Waals surface area contributed by atoms with Crippen molar-refractivity contribution in [2.45, 2.75) is 26.3 Å². The molecule has 4 aromatic rings. The quantitative estimate of drug-likeness (QED) is 0.347. The number of carboxylic acids is 1. The van der Waals surface area contributed by atoms with Gasteiger partial charge >= 0.3 is 11.9 Å². The number of aliphatic carboxylic acids is 1. The number of carbonyl (C=O) groups excluding carboxylic acids is 1. The fourth-order valence-electron chi connectivity index (χ4n) is 3.63. The average Bonchev–Trinajstić information content (AvgIpc) is 3.05. The fourth-order valence-corrected chi connectivity index (χ4v) is 3.63. The minimum atomic E-state index is -1.28. The molecule has 0 fully saturated rings. The number of H-pyrrole nitrogens is 1. The molecular formula is C21H20ClN3O4. The van der Waals surface area contributed by atoms with Gasteiger partial charge < -0.3 is 20.6 Å². The van der Waals surface area contributed by atoms with E-state index in [2.05, 4.69) is 16.9 Å². The number of esters is 1. The molecule has 0 aliphatic rings. The Bertz CT molecular complexity index is 1270. The molecule has 0 saturated heterocycles. The first-order valence-electron chi connectivity index (χ1n) is 8.84. The molecule has 0 unspecified atom stereocenters. The van der Waals surface area contributed by atoms with E-state index in [-0.39, 0.29) is 12.4 Å². The molecule has 0 aliphatic heterocycles. The molecule has 0 saturated carbocycles. The van der Waals surface area contributed by atoms with Gasteiger partial charge in [0.05, 0.1) is 11.9 Å². The van der Waals surface area contributed by atoms with Gasteiger partial charge in [-0.1, -0.05) is 0 Å². The number of fused-ring (bicyclic) bond motifs is 4. The number of carboxylic acid groups (broad SMARTS) is 1. The van der Waals surface area contributed by atoms with Gasteiger partial charge in [0.2, 0.25) is 0 Å². The molecule has 0 aliphatic carbocycles. The van der Waals surface area contributed by atoms with Crippen molar-refractivity contribution >= 4 is 56.9 Å². The molecule has 4 N–H and O–H groups in total. The van der Waals surface area contributed by atoms with Crippen LogP contribution in [0.25, 0.3) is 32.6 Å². The molecule has 0 spiro atoms. The molecule has 7 nitrogen and oxygen atoms in total. The van der Waals surface area contributed by atoms with Gasteiger partial charge in [0.25, 0.3) is 0 Å². The Labute approximate surface area is 172 Å². The monoisotopic (exact) mass is 413 g/mol. The predicted octanol–water partition coefficient (Wildman–Crippen LogP) is 3.62. The van der Waals surface area contributed by atoms with Crippen LogP contribution < -0.4 is 10.5 Å². The maximum atomic E-state index is 12.0. The first kappa shape index (κ1) is 20.6. The number of hydrogen-bond acceptors (Lipinski definition) is 5. The van der Waals surface area contributed by atoms with Gasteiger partial charge in [-0.05, 0) is 54.6 Å². The van der Waals surface area contributed by atoms with Crippen LogP contribution in [-0.4, -0.2) is 33.1 Å². The number of pyridine rings is 1. The lowest BCUT2D eigenvalue weighted by atomic mass is 9.97. The van der Waals surface area contributed by atoms with E-state index < -0.39 is 24.4 Å². The van der Waals surface area contributed by atoms with Crippen LogP contribution in [0.3, 0.4) is 0 Å². The van der Waals surface area contributed by atoms with Crippen LogP contribution in [0, 0.1) is 13.8 Å². The summed E-state index contributed by atoms with van der Waals surface area (Å²) in [6.07, 6.45) is 3.24. The summed E-state index contributed by atoms with van der Waals surface area (Å²) < 4.78 is 5.31. The lowest BCUT2D eigenvalue weighted by molar-refractivity contribution is -0.143. The molecule has 2 aromatic heterocycles. The maximum Gasteiger partial charge on any atom is 0.321 e. The van der Waals surface area contributed by atoms with Crippen LogP contribution in [0.2, 0.25) is 0 Å². The second kappa shape index (κ2) is 7.69. The van der Waals surface area contributed by atoms with E-state index in [1.807, 2.05) is 25.3 Å². The third-order valence-corrected chi connectivity index (χ3v) is 5.08. The Morgan fingerprint density at radius 1 is 1.17 bits per heavy atom. The van der Waals surface area contributed by atoms with Crippen LogP contribution in [0.5, 0.6) is 5.75 Å². The Balaban J connectivity index is 0.00000240. The number of nitrogens with two attached hydrogens (primary N) is 1. The van der Waals surface area contributed by atoms with Crippen molar-refractivity contribution in [3.05, 3.63) is 47.8 Å². The second-order valence-corrected chi connectivity index (χ2v) is 6.88. The first-order valence-corrected chi connectivity index (χ1v) is 8.84. The molecular weight excluding hydrogens is 394 g/mol. The zero-order valence-electron chi connectivity index (χ0n) is 15.9. The van der Waals surface area contributed by atoms with E-state index in [4.69, 9.17) is 15.6 Å². The number of nitrogens with zero attached hydrogens (tertiary/aromatic N) is 1. The van der Waals surface area contributed by atoms with Crippen molar-refractivity contribution in [2.24, 2.45) is 5.73 Å². The van der Waals surface area contributed by atoms with E-state index in [1.165, 1.54) is 0 Å². The molecule has 2 aromatic carbocycles. The van der Waals surface area contributed by atoms with Crippen molar-refractivity contribution in [3.8, 4) is 5.75 Å². The van der Waals surface area contributed by atoms with E-state index in [1.54, 1.807) is 18.3 Å². The Morgan fingerprint density at radius 2 is 1.93 bits per heavy atom. The van der Waals surface area contributed by atoms with E-state index >= 15 is 0 Å². The minimum absolute atomic E-state index is 0. The number of benzene rings is 2. The van der Waals surface area contributed by atoms with Crippen molar-refractivity contribution in [3.63, 3.8) is 0 Å². The smallest absolute Gasteiger partial charge is 0.321 e. The number of rotatable bonds is 4. The van der Waals surface area contributed by atoms with Crippen LogP contribution in [0.15, 0.2) is 36.7 Å². The van der Waals surface area contributed by atoms with Gasteiger partial charge in [-0.3, -0.25) is 14.6 Å². The Hall–Kier alpha value is -3.16. The highest BCUT2D eigenvalue weighted by molar-refractivity contribution is 6.16. The molecule has 150 valence electrons. The highest BCUT2D eigenvalue weighted by Gasteiger charge is 2.19. The van der Waals surface area contributed by atoms with Crippen LogP contribution in [0.4, 0.5) is 0 Å². The third kappa shape index (κ3) is 3.50. The van der Waals surface area contributed by atoms with E-state index in [9.17, 15) is 9.59 Å². The van der Waals surface area contributed by atoms with Crippen molar-refractivity contribution in [1.29, 1.82) is 0 Å². The minimum Gasteiger partial charge on any atom is -0.480 e. The molecule has 1 atom stereocenters. The fraction of sp³-hybridized carbons (Fsp3) is 0.190. The average molecular weight is 414 g/mol. The van der Waals surface area contributed by atoms with Crippen molar-refractivity contribution in [2.75, 3.05) is 0 Å². The molecule has 2 heterocycles. The highest BCUT2D eigenvalue weighted by Crippen LogP contribution is 2.37. The van der Waals surface area contributed by atoms with Crippen LogP contribution in [-0.2, 0) is 9.59 Å². The van der Waals surface area contributed by atoms with Gasteiger partial charge in [0.1, 0.15) is 11.8 Å². The largest absolute Gasteiger partial charge is 0.480 e. The van der Waals surface area contributed by atoms with Gasteiger partial charge in [-0.2, -0.15) is 0 Å². The third-order valence-electron chi connectivity index (χ3n) is 5.08. The zero-order chi connectivity index (χ0) is 20.0. The lowest BCUT2D eigenvalue weighted by Gasteiger charge is -2.09. The van der Waals surface area contributed by atoms with Gasteiger partial charge in [-0.25, -0.2) is 0 Å². The van der Waals surface area contributed by atoms with E-state index in [0.717, 1.165) is 43.7 Å². The number of aryl methyl sites for hydroxylation is 2. The summed E-state index contributed by atoms with van der Waals surface area (Å²) in [6, 6.07) is 6.02. The standard InChI is InChI=1S/C21H19N3O4.ClH/c1-10-15-9-23-6-5-13(15)11(2)20-19(10)14-7-12(3-4-17(14)24-20)28-18(25)8-16(22)21(26)27;/h3-7,9,16,24H,8,22H2,1-2H3,(H,26,27);1H/t16-;/m0./s1. The van der Waals surface area contributed by atoms with E-state index in [0.29, 0.717) is 5.75 Å². The zero-order valence-corrected chi connectivity index (χ0v) is 16.7. The summed E-state index contributed by atoms with van der Waals surface area (Å²) >= 11 is 0. The topological polar surface area (TPSA) is 118 Å². The number of aromatic amines is 1. The van der Waals surface area contributed by atoms with Crippen LogP contribution >= 0.6 is 12.4 Å². The first-order chi connectivity index (χ1) is 13.4. The van der Waals surface area contributed by atoms with Crippen molar-refractivity contribution in [1.82, 2.24) is 9.97 Å². The summed E-state index contributed by atoms with van der Waals surface area (Å²) in [5.41, 5.74) is 9.56. The second-order valence-electron chi connectivity index (χ2n) is 6.88.